The molecule has 0 unspecified atom stereocenters. The van der Waals surface area contributed by atoms with Gasteiger partial charge in [-0.3, -0.25) is 0 Å². The minimum Gasteiger partial charge on any atom is -0.357 e. The van der Waals surface area contributed by atoms with Crippen LogP contribution in [-0.4, -0.2) is 35.2 Å². The molecule has 0 atom stereocenters. The van der Waals surface area contributed by atoms with Gasteiger partial charge in [-0.1, -0.05) is 6.92 Å². The quantitative estimate of drug-likeness (QED) is 0.898. The van der Waals surface area contributed by atoms with E-state index in [1.54, 1.807) is 6.07 Å². The van der Waals surface area contributed by atoms with Crippen molar-refractivity contribution in [1.82, 2.24) is 15.2 Å². The lowest BCUT2D eigenvalue weighted by atomic mass is 10.1. The van der Waals surface area contributed by atoms with E-state index >= 15 is 0 Å². The number of hydrogen-bond acceptors (Lipinski definition) is 1. The number of fused-ring (bicyclic) bond motifs is 1. The molecule has 2 N–H and O–H groups in total. The van der Waals surface area contributed by atoms with Crippen LogP contribution in [0.2, 0.25) is 0 Å². The third-order valence-corrected chi connectivity index (χ3v) is 3.78. The Morgan fingerprint density at radius 2 is 2.19 bits per heavy atom. The molecule has 6 heteroatoms. The molecule has 21 heavy (non-hydrogen) atoms. The van der Waals surface area contributed by atoms with E-state index in [-0.39, 0.29) is 24.9 Å². The first kappa shape index (κ1) is 13.9. The van der Waals surface area contributed by atoms with E-state index in [0.717, 1.165) is 16.6 Å². The summed E-state index contributed by atoms with van der Waals surface area (Å²) in [6.45, 7) is 2.52. The molecule has 1 aromatic heterocycles. The molecule has 1 aliphatic heterocycles. The maximum atomic E-state index is 13.7. The number of aromatic nitrogens is 1. The number of H-pyrrole nitrogens is 1. The Hall–Kier alpha value is -2.11. The number of aromatic amines is 1. The molecule has 0 bridgehead atoms. The van der Waals surface area contributed by atoms with Crippen LogP contribution in [-0.2, 0) is 13.0 Å². The monoisotopic (exact) mass is 293 g/mol. The van der Waals surface area contributed by atoms with Crippen molar-refractivity contribution in [2.45, 2.75) is 26.1 Å². The SMILES string of the molecule is CCc1cc2[nH]c(CNC(=O)N3CC(F)C3)cc2cc1F. The van der Waals surface area contributed by atoms with E-state index in [9.17, 15) is 13.6 Å². The zero-order chi connectivity index (χ0) is 15.0. The molecule has 112 valence electrons. The van der Waals surface area contributed by atoms with Gasteiger partial charge >= 0.3 is 6.03 Å². The topological polar surface area (TPSA) is 48.1 Å². The fourth-order valence-corrected chi connectivity index (χ4v) is 2.50. The van der Waals surface area contributed by atoms with Crippen LogP contribution in [0.3, 0.4) is 0 Å². The van der Waals surface area contributed by atoms with Gasteiger partial charge in [-0.25, -0.2) is 13.6 Å². The van der Waals surface area contributed by atoms with Crippen molar-refractivity contribution in [3.63, 3.8) is 0 Å². The Kier molecular flexibility index (Phi) is 3.53. The standard InChI is InChI=1S/C15H17F2N3O/c1-2-9-5-14-10(4-13(9)17)3-12(19-14)6-18-15(21)20-7-11(16)8-20/h3-5,11,19H,2,6-8H2,1H3,(H,18,21). The number of hydrogen-bond donors (Lipinski definition) is 2. The van der Waals surface area contributed by atoms with Crippen molar-refractivity contribution in [1.29, 1.82) is 0 Å². The smallest absolute Gasteiger partial charge is 0.317 e. The number of amides is 2. The molecule has 2 amide bonds. The van der Waals surface area contributed by atoms with E-state index in [0.29, 0.717) is 18.5 Å². The lowest BCUT2D eigenvalue weighted by molar-refractivity contribution is 0.0896. The van der Waals surface area contributed by atoms with Crippen molar-refractivity contribution in [2.24, 2.45) is 0 Å². The highest BCUT2D eigenvalue weighted by Gasteiger charge is 2.30. The fourth-order valence-electron chi connectivity index (χ4n) is 2.50. The Bertz CT molecular complexity index is 677. The fraction of sp³-hybridized carbons (Fsp3) is 0.400. The Morgan fingerprint density at radius 1 is 1.43 bits per heavy atom. The highest BCUT2D eigenvalue weighted by molar-refractivity contribution is 5.81. The maximum Gasteiger partial charge on any atom is 0.317 e. The highest BCUT2D eigenvalue weighted by Crippen LogP contribution is 2.20. The zero-order valence-electron chi connectivity index (χ0n) is 11.7. The lowest BCUT2D eigenvalue weighted by Crippen LogP contribution is -2.54. The van der Waals surface area contributed by atoms with Crippen LogP contribution in [0, 0.1) is 5.82 Å². The van der Waals surface area contributed by atoms with Gasteiger partial charge in [-0.2, -0.15) is 0 Å². The van der Waals surface area contributed by atoms with Crippen molar-refractivity contribution >= 4 is 16.9 Å². The van der Waals surface area contributed by atoms with Crippen molar-refractivity contribution in [3.8, 4) is 0 Å². The van der Waals surface area contributed by atoms with Gasteiger partial charge in [0, 0.05) is 16.6 Å². The number of alkyl halides is 1. The predicted molar refractivity (Wildman–Crippen MR) is 76.3 cm³/mol. The van der Waals surface area contributed by atoms with Crippen molar-refractivity contribution in [2.75, 3.05) is 13.1 Å². The normalized spacial score (nSPS) is 15.3. The highest BCUT2D eigenvalue weighted by atomic mass is 19.1. The number of urea groups is 1. The number of rotatable bonds is 3. The summed E-state index contributed by atoms with van der Waals surface area (Å²) in [5.74, 6) is -0.214. The molecular formula is C15H17F2N3O. The average Bonchev–Trinajstić information content (AvgIpc) is 2.82. The summed E-state index contributed by atoms with van der Waals surface area (Å²) in [6, 6.07) is 4.83. The van der Waals surface area contributed by atoms with Gasteiger partial charge in [0.15, 0.2) is 0 Å². The molecule has 0 aliphatic carbocycles. The summed E-state index contributed by atoms with van der Waals surface area (Å²) < 4.78 is 26.4. The Morgan fingerprint density at radius 3 is 2.86 bits per heavy atom. The van der Waals surface area contributed by atoms with Crippen LogP contribution in [0.4, 0.5) is 13.6 Å². The maximum absolute atomic E-state index is 13.7. The molecule has 1 aliphatic rings. The minimum absolute atomic E-state index is 0.156. The van der Waals surface area contributed by atoms with E-state index in [1.807, 2.05) is 13.0 Å². The average molecular weight is 293 g/mol. The number of aryl methyl sites for hydroxylation is 1. The predicted octanol–water partition coefficient (Wildman–Crippen LogP) is 2.73. The van der Waals surface area contributed by atoms with E-state index in [1.165, 1.54) is 11.0 Å². The van der Waals surface area contributed by atoms with Gasteiger partial charge in [-0.15, -0.1) is 0 Å². The summed E-state index contributed by atoms with van der Waals surface area (Å²) in [5, 5.41) is 3.50. The number of halogens is 2. The van der Waals surface area contributed by atoms with Crippen LogP contribution >= 0.6 is 0 Å². The van der Waals surface area contributed by atoms with E-state index in [4.69, 9.17) is 0 Å². The summed E-state index contributed by atoms with van der Waals surface area (Å²) >= 11 is 0. The van der Waals surface area contributed by atoms with Crippen molar-refractivity contribution in [3.05, 3.63) is 35.3 Å². The summed E-state index contributed by atoms with van der Waals surface area (Å²) in [6.07, 6.45) is -0.272. The Labute approximate surface area is 121 Å². The van der Waals surface area contributed by atoms with Crippen LogP contribution in [0.1, 0.15) is 18.2 Å². The molecule has 3 rings (SSSR count). The minimum atomic E-state index is -0.903. The molecule has 1 saturated heterocycles. The first-order valence-electron chi connectivity index (χ1n) is 7.03. The second kappa shape index (κ2) is 5.35. The number of carbonyl (C=O) groups excluding carboxylic acids is 1. The lowest BCUT2D eigenvalue weighted by Gasteiger charge is -2.34. The molecule has 4 nitrogen and oxygen atoms in total. The van der Waals surface area contributed by atoms with Gasteiger partial charge in [-0.05, 0) is 30.2 Å². The number of nitrogens with one attached hydrogen (secondary N) is 2. The molecule has 2 aromatic rings. The molecule has 0 spiro atoms. The molecule has 0 saturated carbocycles. The molecular weight excluding hydrogens is 276 g/mol. The van der Waals surface area contributed by atoms with Crippen LogP contribution in [0.15, 0.2) is 18.2 Å². The van der Waals surface area contributed by atoms with Gasteiger partial charge < -0.3 is 15.2 Å². The van der Waals surface area contributed by atoms with Gasteiger partial charge in [0.1, 0.15) is 12.0 Å². The van der Waals surface area contributed by atoms with Gasteiger partial charge in [0.05, 0.1) is 19.6 Å². The molecule has 2 heterocycles. The van der Waals surface area contributed by atoms with Gasteiger partial charge in [0.25, 0.3) is 0 Å². The van der Waals surface area contributed by atoms with Crippen LogP contribution in [0.25, 0.3) is 10.9 Å². The molecule has 1 fully saturated rings. The largest absolute Gasteiger partial charge is 0.357 e. The second-order valence-electron chi connectivity index (χ2n) is 5.34. The van der Waals surface area contributed by atoms with Crippen molar-refractivity contribution < 1.29 is 13.6 Å². The number of nitrogens with zero attached hydrogens (tertiary/aromatic N) is 1. The van der Waals surface area contributed by atoms with Crippen LogP contribution in [0.5, 0.6) is 0 Å². The summed E-state index contributed by atoms with van der Waals surface area (Å²) in [5.41, 5.74) is 2.31. The van der Waals surface area contributed by atoms with Crippen LogP contribution < -0.4 is 5.32 Å². The van der Waals surface area contributed by atoms with Gasteiger partial charge in [0.2, 0.25) is 0 Å². The first-order valence-corrected chi connectivity index (χ1v) is 7.03. The number of likely N-dealkylation sites (tertiary alicyclic amines) is 1. The molecule has 0 radical (unpaired) electrons. The summed E-state index contributed by atoms with van der Waals surface area (Å²) in [7, 11) is 0. The second-order valence-corrected chi connectivity index (χ2v) is 5.34. The molecule has 1 aromatic carbocycles. The van der Waals surface area contributed by atoms with E-state index < -0.39 is 6.17 Å². The zero-order valence-corrected chi connectivity index (χ0v) is 11.7. The Balaban J connectivity index is 1.68. The first-order chi connectivity index (χ1) is 10.1. The number of carbonyl (C=O) groups is 1. The van der Waals surface area contributed by atoms with E-state index in [2.05, 4.69) is 10.3 Å². The number of benzene rings is 1. The summed E-state index contributed by atoms with van der Waals surface area (Å²) in [4.78, 5) is 16.3. The third kappa shape index (κ3) is 2.70. The third-order valence-electron chi connectivity index (χ3n) is 3.78.